The molecule has 1 aromatic heterocycles. The molecular weight excluding hydrogens is 500 g/mol. The molecule has 3 aromatic rings. The Morgan fingerprint density at radius 1 is 1.08 bits per heavy atom. The molecule has 4 rings (SSSR count). The molecule has 0 bridgehead atoms. The Morgan fingerprint density at radius 2 is 1.75 bits per heavy atom. The van der Waals surface area contributed by atoms with E-state index >= 15 is 0 Å². The van der Waals surface area contributed by atoms with E-state index in [-0.39, 0.29) is 28.5 Å². The fourth-order valence-electron chi connectivity index (χ4n) is 4.19. The van der Waals surface area contributed by atoms with Crippen LogP contribution in [0.5, 0.6) is 0 Å². The minimum Gasteiger partial charge on any atom is -0.365 e. The normalized spacial score (nSPS) is 13.1. The lowest BCUT2D eigenvalue weighted by atomic mass is 10.0. The van der Waals surface area contributed by atoms with Crippen molar-refractivity contribution in [2.75, 3.05) is 22.7 Å². The molecule has 0 aliphatic carbocycles. The van der Waals surface area contributed by atoms with Gasteiger partial charge in [0.05, 0.1) is 22.7 Å². The summed E-state index contributed by atoms with van der Waals surface area (Å²) < 4.78 is 27.7. The second kappa shape index (κ2) is 10.1. The molecule has 0 radical (unpaired) electrons. The molecule has 3 amide bonds. The number of amides is 3. The monoisotopic (exact) mass is 526 g/mol. The number of benzene rings is 2. The number of carbonyl (C=O) groups is 3. The van der Waals surface area contributed by atoms with Gasteiger partial charge in [-0.25, -0.2) is 8.42 Å². The third kappa shape index (κ3) is 4.84. The summed E-state index contributed by atoms with van der Waals surface area (Å²) in [7, 11) is -3.83. The summed E-state index contributed by atoms with van der Waals surface area (Å²) in [6.45, 7) is 4.31. The van der Waals surface area contributed by atoms with Gasteiger partial charge in [0.2, 0.25) is 5.91 Å². The van der Waals surface area contributed by atoms with E-state index in [9.17, 15) is 22.8 Å². The van der Waals surface area contributed by atoms with Crippen molar-refractivity contribution in [3.8, 4) is 0 Å². The van der Waals surface area contributed by atoms with Gasteiger partial charge >= 0.3 is 0 Å². The van der Waals surface area contributed by atoms with Gasteiger partial charge < -0.3 is 16.0 Å². The Kier molecular flexibility index (Phi) is 7.14. The van der Waals surface area contributed by atoms with Crippen LogP contribution in [0.25, 0.3) is 0 Å². The topological polar surface area (TPSA) is 130 Å². The fraction of sp³-hybridized carbons (Fsp3) is 0.240. The van der Waals surface area contributed by atoms with Crippen molar-refractivity contribution in [1.82, 2.24) is 4.90 Å². The highest BCUT2D eigenvalue weighted by atomic mass is 32.2. The SMILES string of the molecule is CCN(c1ccccc1)S(=O)(=O)c1ccc(C(=O)Nc2sc3c(c2C(N)=O)CCN(C(C)=O)C3)cc1. The third-order valence-electron chi connectivity index (χ3n) is 6.01. The highest BCUT2D eigenvalue weighted by Gasteiger charge is 2.29. The van der Waals surface area contributed by atoms with E-state index in [4.69, 9.17) is 5.73 Å². The predicted octanol–water partition coefficient (Wildman–Crippen LogP) is 3.22. The molecule has 0 fully saturated rings. The molecule has 2 heterocycles. The van der Waals surface area contributed by atoms with Crippen LogP contribution in [0.3, 0.4) is 0 Å². The summed E-state index contributed by atoms with van der Waals surface area (Å²) in [5.41, 5.74) is 7.40. The van der Waals surface area contributed by atoms with Crippen LogP contribution in [0.1, 0.15) is 45.0 Å². The molecule has 0 unspecified atom stereocenters. The van der Waals surface area contributed by atoms with Gasteiger partial charge in [0, 0.05) is 30.5 Å². The molecule has 0 spiro atoms. The number of rotatable bonds is 7. The maximum atomic E-state index is 13.2. The van der Waals surface area contributed by atoms with Gasteiger partial charge in [0.25, 0.3) is 21.8 Å². The molecule has 0 saturated carbocycles. The van der Waals surface area contributed by atoms with Crippen LogP contribution >= 0.6 is 11.3 Å². The zero-order chi connectivity index (χ0) is 26.0. The number of nitrogens with two attached hydrogens (primary N) is 1. The summed E-state index contributed by atoms with van der Waals surface area (Å²) >= 11 is 1.22. The van der Waals surface area contributed by atoms with E-state index in [0.29, 0.717) is 30.2 Å². The number of primary amides is 1. The zero-order valence-electron chi connectivity index (χ0n) is 19.9. The zero-order valence-corrected chi connectivity index (χ0v) is 21.5. The molecule has 9 nitrogen and oxygen atoms in total. The van der Waals surface area contributed by atoms with Crippen molar-refractivity contribution in [3.63, 3.8) is 0 Å². The number of carbonyl (C=O) groups excluding carboxylic acids is 3. The maximum absolute atomic E-state index is 13.2. The molecule has 1 aliphatic heterocycles. The van der Waals surface area contributed by atoms with Crippen LogP contribution in [0.15, 0.2) is 59.5 Å². The van der Waals surface area contributed by atoms with Crippen LogP contribution in [-0.4, -0.2) is 44.1 Å². The van der Waals surface area contributed by atoms with Crippen molar-refractivity contribution >= 4 is 49.8 Å². The lowest BCUT2D eigenvalue weighted by Gasteiger charge is -2.25. The first-order valence-electron chi connectivity index (χ1n) is 11.3. The number of anilines is 2. The second-order valence-electron chi connectivity index (χ2n) is 8.25. The van der Waals surface area contributed by atoms with E-state index in [1.165, 1.54) is 46.8 Å². The Labute approximate surface area is 213 Å². The quantitative estimate of drug-likeness (QED) is 0.488. The molecule has 0 saturated heterocycles. The fourth-order valence-corrected chi connectivity index (χ4v) is 6.92. The molecule has 1 aliphatic rings. The molecule has 36 heavy (non-hydrogen) atoms. The summed E-state index contributed by atoms with van der Waals surface area (Å²) in [6.07, 6.45) is 0.474. The van der Waals surface area contributed by atoms with Crippen LogP contribution in [0.4, 0.5) is 10.7 Å². The minimum absolute atomic E-state index is 0.0542. The molecule has 3 N–H and O–H groups in total. The number of para-hydroxylation sites is 1. The Hall–Kier alpha value is -3.70. The van der Waals surface area contributed by atoms with E-state index in [1.807, 2.05) is 6.07 Å². The number of nitrogens with zero attached hydrogens (tertiary/aromatic N) is 2. The Morgan fingerprint density at radius 3 is 2.33 bits per heavy atom. The molecule has 2 aromatic carbocycles. The number of fused-ring (bicyclic) bond motifs is 1. The lowest BCUT2D eigenvalue weighted by molar-refractivity contribution is -0.129. The van der Waals surface area contributed by atoms with Crippen LogP contribution in [-0.2, 0) is 27.8 Å². The average Bonchev–Trinajstić information content (AvgIpc) is 3.22. The van der Waals surface area contributed by atoms with Crippen molar-refractivity contribution in [2.24, 2.45) is 5.73 Å². The van der Waals surface area contributed by atoms with Crippen molar-refractivity contribution in [2.45, 2.75) is 31.7 Å². The van der Waals surface area contributed by atoms with E-state index in [1.54, 1.807) is 36.1 Å². The summed E-state index contributed by atoms with van der Waals surface area (Å²) in [4.78, 5) is 39.4. The van der Waals surface area contributed by atoms with Crippen molar-refractivity contribution in [3.05, 3.63) is 76.2 Å². The van der Waals surface area contributed by atoms with E-state index in [0.717, 1.165) is 10.4 Å². The van der Waals surface area contributed by atoms with E-state index < -0.39 is 21.8 Å². The molecule has 0 atom stereocenters. The van der Waals surface area contributed by atoms with Gasteiger partial charge in [0.15, 0.2) is 0 Å². The highest BCUT2D eigenvalue weighted by Crippen LogP contribution is 2.37. The van der Waals surface area contributed by atoms with Gasteiger partial charge in [0.1, 0.15) is 5.00 Å². The van der Waals surface area contributed by atoms with Crippen LogP contribution in [0, 0.1) is 0 Å². The molecule has 11 heteroatoms. The van der Waals surface area contributed by atoms with Gasteiger partial charge in [-0.05, 0) is 55.3 Å². The summed E-state index contributed by atoms with van der Waals surface area (Å²) in [6, 6.07) is 14.4. The second-order valence-corrected chi connectivity index (χ2v) is 11.2. The lowest BCUT2D eigenvalue weighted by Crippen LogP contribution is -2.34. The minimum atomic E-state index is -3.83. The Bertz CT molecular complexity index is 1420. The number of hydrogen-bond donors (Lipinski definition) is 2. The Balaban J connectivity index is 1.57. The smallest absolute Gasteiger partial charge is 0.264 e. The standard InChI is InChI=1S/C25H26N4O5S2/c1-3-29(18-7-5-4-6-8-18)36(33,34)19-11-9-17(10-12-19)24(32)27-25-22(23(26)31)20-13-14-28(16(2)30)15-21(20)35-25/h4-12H,3,13-15H2,1-2H3,(H2,26,31)(H,27,32). The number of sulfonamides is 1. The number of nitrogens with one attached hydrogen (secondary N) is 1. The van der Waals surface area contributed by atoms with Crippen LogP contribution < -0.4 is 15.4 Å². The third-order valence-corrected chi connectivity index (χ3v) is 9.06. The maximum Gasteiger partial charge on any atom is 0.264 e. The first-order valence-corrected chi connectivity index (χ1v) is 13.6. The largest absolute Gasteiger partial charge is 0.365 e. The summed E-state index contributed by atoms with van der Waals surface area (Å²) in [5, 5.41) is 3.06. The molecular formula is C25H26N4O5S2. The van der Waals surface area contributed by atoms with Crippen molar-refractivity contribution in [1.29, 1.82) is 0 Å². The first-order chi connectivity index (χ1) is 17.1. The van der Waals surface area contributed by atoms with Gasteiger partial charge in [-0.2, -0.15) is 0 Å². The van der Waals surface area contributed by atoms with Crippen molar-refractivity contribution < 1.29 is 22.8 Å². The van der Waals surface area contributed by atoms with Gasteiger partial charge in [-0.3, -0.25) is 18.7 Å². The van der Waals surface area contributed by atoms with Crippen LogP contribution in [0.2, 0.25) is 0 Å². The number of thiophene rings is 1. The van der Waals surface area contributed by atoms with Gasteiger partial charge in [-0.1, -0.05) is 18.2 Å². The number of hydrogen-bond acceptors (Lipinski definition) is 6. The average molecular weight is 527 g/mol. The van der Waals surface area contributed by atoms with E-state index in [2.05, 4.69) is 5.32 Å². The highest BCUT2D eigenvalue weighted by molar-refractivity contribution is 7.92. The molecule has 188 valence electrons. The van der Waals surface area contributed by atoms with Gasteiger partial charge in [-0.15, -0.1) is 11.3 Å². The summed E-state index contributed by atoms with van der Waals surface area (Å²) in [5.74, 6) is -1.22. The first kappa shape index (κ1) is 25.4. The predicted molar refractivity (Wildman–Crippen MR) is 139 cm³/mol.